The van der Waals surface area contributed by atoms with E-state index in [-0.39, 0.29) is 0 Å². The maximum Gasteiger partial charge on any atom is 0.138 e. The summed E-state index contributed by atoms with van der Waals surface area (Å²) < 4.78 is 2.03. The molecule has 31 heavy (non-hydrogen) atoms. The fraction of sp³-hybridized carbons (Fsp3) is 0.0870. The van der Waals surface area contributed by atoms with Crippen LogP contribution in [0.5, 0.6) is 0 Å². The van der Waals surface area contributed by atoms with Gasteiger partial charge in [0.25, 0.3) is 0 Å². The molecule has 0 radical (unpaired) electrons. The first-order valence-electron chi connectivity index (χ1n) is 9.91. The molecule has 0 spiro atoms. The summed E-state index contributed by atoms with van der Waals surface area (Å²) in [6.07, 6.45) is 7.27. The molecule has 150 valence electrons. The number of hydrogen-bond acceptors (Lipinski definition) is 5. The number of hydrogen-bond donors (Lipinski definition) is 2. The number of nitrogens with one attached hydrogen (secondary N) is 2. The lowest BCUT2D eigenvalue weighted by atomic mass is 10.1. The predicted molar refractivity (Wildman–Crippen MR) is 119 cm³/mol. The number of pyridine rings is 3. The highest BCUT2D eigenvalue weighted by atomic mass is 15.1. The van der Waals surface area contributed by atoms with Crippen LogP contribution >= 0.6 is 0 Å². The number of rotatable bonds is 3. The largest absolute Gasteiger partial charge is 0.338 e. The predicted octanol–water partition coefficient (Wildman–Crippen LogP) is 4.27. The van der Waals surface area contributed by atoms with Crippen LogP contribution in [-0.2, 0) is 7.05 Å². The minimum Gasteiger partial charge on any atom is -0.338 e. The molecule has 0 amide bonds. The maximum atomic E-state index is 4.90. The number of imidazole rings is 1. The van der Waals surface area contributed by atoms with Crippen LogP contribution in [0.3, 0.4) is 0 Å². The highest BCUT2D eigenvalue weighted by Gasteiger charge is 2.16. The van der Waals surface area contributed by atoms with Crippen LogP contribution in [-0.4, -0.2) is 39.7 Å². The standard InChI is InChI=1S/C23H18N8/c1-13-26-12-20(31(13)2)17-5-6-18-21(27-17)22(30-29-18)19-10-16-15(7-9-25-23(16)28-19)14-4-3-8-24-11-14/h3-12H,1-2H3,(H,25,28)(H,29,30). The molecule has 0 saturated carbocycles. The first-order valence-corrected chi connectivity index (χ1v) is 9.91. The van der Waals surface area contributed by atoms with Crippen molar-refractivity contribution >= 4 is 22.1 Å². The Kier molecular flexibility index (Phi) is 3.73. The van der Waals surface area contributed by atoms with E-state index in [2.05, 4.69) is 36.2 Å². The van der Waals surface area contributed by atoms with E-state index in [1.807, 2.05) is 61.3 Å². The van der Waals surface area contributed by atoms with Crippen LogP contribution < -0.4 is 0 Å². The average molecular weight is 406 g/mol. The summed E-state index contributed by atoms with van der Waals surface area (Å²) in [5.74, 6) is 0.939. The minimum atomic E-state index is 0.755. The number of H-pyrrole nitrogens is 2. The zero-order valence-corrected chi connectivity index (χ0v) is 17.0. The molecule has 8 nitrogen and oxygen atoms in total. The van der Waals surface area contributed by atoms with Gasteiger partial charge < -0.3 is 9.55 Å². The van der Waals surface area contributed by atoms with Crippen molar-refractivity contribution in [2.75, 3.05) is 0 Å². The van der Waals surface area contributed by atoms with Gasteiger partial charge in [-0.3, -0.25) is 10.1 Å². The average Bonchev–Trinajstić information content (AvgIpc) is 3.50. The van der Waals surface area contributed by atoms with E-state index in [0.29, 0.717) is 0 Å². The molecule has 6 heterocycles. The van der Waals surface area contributed by atoms with E-state index in [1.165, 1.54) is 0 Å². The van der Waals surface area contributed by atoms with Gasteiger partial charge in [0.05, 0.1) is 28.8 Å². The second-order valence-corrected chi connectivity index (χ2v) is 7.46. The topological polar surface area (TPSA) is 101 Å². The number of aromatic amines is 2. The third kappa shape index (κ3) is 2.72. The number of nitrogens with zero attached hydrogens (tertiary/aromatic N) is 6. The van der Waals surface area contributed by atoms with Crippen LogP contribution in [0.25, 0.3) is 56.0 Å². The third-order valence-electron chi connectivity index (χ3n) is 5.65. The van der Waals surface area contributed by atoms with Gasteiger partial charge in [0.15, 0.2) is 0 Å². The smallest absolute Gasteiger partial charge is 0.138 e. The van der Waals surface area contributed by atoms with Crippen LogP contribution in [0.4, 0.5) is 0 Å². The molecule has 0 saturated heterocycles. The van der Waals surface area contributed by atoms with Crippen molar-refractivity contribution in [3.05, 3.63) is 67.0 Å². The Morgan fingerprint density at radius 2 is 1.94 bits per heavy atom. The lowest BCUT2D eigenvalue weighted by Gasteiger charge is -2.03. The SMILES string of the molecule is Cc1ncc(-c2ccc3[nH]nc(-c4cc5c(-c6cccnc6)ccnc5[nH]4)c3n2)n1C. The van der Waals surface area contributed by atoms with Crippen LogP contribution in [0.2, 0.25) is 0 Å². The van der Waals surface area contributed by atoms with Gasteiger partial charge in [0, 0.05) is 36.6 Å². The highest BCUT2D eigenvalue weighted by molar-refractivity contribution is 5.98. The first kappa shape index (κ1) is 17.5. The lowest BCUT2D eigenvalue weighted by Crippen LogP contribution is -1.96. The van der Waals surface area contributed by atoms with E-state index < -0.39 is 0 Å². The molecule has 0 bridgehead atoms. The number of fused-ring (bicyclic) bond motifs is 2. The summed E-state index contributed by atoms with van der Waals surface area (Å²) >= 11 is 0. The van der Waals surface area contributed by atoms with Crippen LogP contribution in [0.1, 0.15) is 5.82 Å². The molecule has 0 atom stereocenters. The molecule has 0 aromatic carbocycles. The van der Waals surface area contributed by atoms with Crippen LogP contribution in [0.15, 0.2) is 61.2 Å². The fourth-order valence-corrected chi connectivity index (χ4v) is 3.90. The summed E-state index contributed by atoms with van der Waals surface area (Å²) in [7, 11) is 1.99. The second-order valence-electron chi connectivity index (χ2n) is 7.46. The van der Waals surface area contributed by atoms with Crippen molar-refractivity contribution in [1.29, 1.82) is 0 Å². The highest BCUT2D eigenvalue weighted by Crippen LogP contribution is 2.33. The first-order chi connectivity index (χ1) is 15.2. The minimum absolute atomic E-state index is 0.755. The summed E-state index contributed by atoms with van der Waals surface area (Å²) in [5.41, 5.74) is 8.00. The molecule has 8 heteroatoms. The van der Waals surface area contributed by atoms with Crippen molar-refractivity contribution in [3.63, 3.8) is 0 Å². The fourth-order valence-electron chi connectivity index (χ4n) is 3.90. The van der Waals surface area contributed by atoms with Crippen molar-refractivity contribution < 1.29 is 0 Å². The Hall–Kier alpha value is -4.33. The van der Waals surface area contributed by atoms with Crippen molar-refractivity contribution in [2.45, 2.75) is 6.92 Å². The molecule has 6 aromatic heterocycles. The second kappa shape index (κ2) is 6.60. The summed E-state index contributed by atoms with van der Waals surface area (Å²) in [5, 5.41) is 8.65. The van der Waals surface area contributed by atoms with Gasteiger partial charge in [-0.15, -0.1) is 0 Å². The van der Waals surface area contributed by atoms with Gasteiger partial charge in [0.1, 0.15) is 22.7 Å². The Bertz CT molecular complexity index is 1560. The zero-order valence-electron chi connectivity index (χ0n) is 17.0. The van der Waals surface area contributed by atoms with Gasteiger partial charge in [0.2, 0.25) is 0 Å². The van der Waals surface area contributed by atoms with Crippen molar-refractivity contribution in [2.24, 2.45) is 7.05 Å². The Balaban J connectivity index is 1.52. The summed E-state index contributed by atoms with van der Waals surface area (Å²) in [4.78, 5) is 21.5. The zero-order chi connectivity index (χ0) is 20.9. The van der Waals surface area contributed by atoms with Gasteiger partial charge in [-0.1, -0.05) is 6.07 Å². The monoisotopic (exact) mass is 406 g/mol. The normalized spacial score (nSPS) is 11.5. The Morgan fingerprint density at radius 1 is 1.00 bits per heavy atom. The van der Waals surface area contributed by atoms with Gasteiger partial charge in [-0.2, -0.15) is 5.10 Å². The molecule has 6 aromatic rings. The maximum absolute atomic E-state index is 4.90. The number of aromatic nitrogens is 8. The molecule has 0 aliphatic carbocycles. The molecule has 6 rings (SSSR count). The molecular weight excluding hydrogens is 388 g/mol. The molecule has 0 aliphatic rings. The summed E-state index contributed by atoms with van der Waals surface area (Å²) in [6.45, 7) is 1.97. The van der Waals surface area contributed by atoms with E-state index in [1.54, 1.807) is 12.4 Å². The molecule has 0 fully saturated rings. The molecule has 2 N–H and O–H groups in total. The van der Waals surface area contributed by atoms with E-state index >= 15 is 0 Å². The number of aryl methyl sites for hydroxylation is 1. The van der Waals surface area contributed by atoms with Gasteiger partial charge >= 0.3 is 0 Å². The quantitative estimate of drug-likeness (QED) is 0.457. The van der Waals surface area contributed by atoms with E-state index in [0.717, 1.165) is 61.8 Å². The summed E-state index contributed by atoms with van der Waals surface area (Å²) in [6, 6.07) is 12.0. The molecule has 0 unspecified atom stereocenters. The molecular formula is C23H18N8. The van der Waals surface area contributed by atoms with Crippen molar-refractivity contribution in [3.8, 4) is 33.9 Å². The van der Waals surface area contributed by atoms with Crippen LogP contribution in [0, 0.1) is 6.92 Å². The van der Waals surface area contributed by atoms with E-state index in [4.69, 9.17) is 4.98 Å². The third-order valence-corrected chi connectivity index (χ3v) is 5.65. The van der Waals surface area contributed by atoms with Gasteiger partial charge in [-0.05, 0) is 42.8 Å². The van der Waals surface area contributed by atoms with E-state index in [9.17, 15) is 0 Å². The van der Waals surface area contributed by atoms with Gasteiger partial charge in [-0.25, -0.2) is 15.0 Å². The van der Waals surface area contributed by atoms with Crippen molar-refractivity contribution in [1.82, 2.24) is 39.7 Å². The Morgan fingerprint density at radius 3 is 2.74 bits per heavy atom. The Labute approximate surface area is 177 Å². The molecule has 0 aliphatic heterocycles. The lowest BCUT2D eigenvalue weighted by molar-refractivity contribution is 0.862.